The van der Waals surface area contributed by atoms with Crippen molar-refractivity contribution in [2.24, 2.45) is 0 Å². The van der Waals surface area contributed by atoms with Gasteiger partial charge in [-0.05, 0) is 24.6 Å². The van der Waals surface area contributed by atoms with Gasteiger partial charge in [0.2, 0.25) is 11.6 Å². The quantitative estimate of drug-likeness (QED) is 0.689. The van der Waals surface area contributed by atoms with Crippen molar-refractivity contribution in [1.29, 1.82) is 0 Å². The van der Waals surface area contributed by atoms with Gasteiger partial charge in [0.15, 0.2) is 0 Å². The second-order valence-corrected chi connectivity index (χ2v) is 4.46. The fourth-order valence-corrected chi connectivity index (χ4v) is 1.75. The number of hydrogen-bond acceptors (Lipinski definition) is 5. The first-order chi connectivity index (χ1) is 9.49. The highest BCUT2D eigenvalue weighted by molar-refractivity contribution is 6.32. The molecule has 0 saturated carbocycles. The molecule has 0 radical (unpaired) electrons. The van der Waals surface area contributed by atoms with Crippen LogP contribution in [0.5, 0.6) is 11.6 Å². The van der Waals surface area contributed by atoms with Crippen LogP contribution in [-0.2, 0) is 0 Å². The van der Waals surface area contributed by atoms with Crippen molar-refractivity contribution in [1.82, 2.24) is 4.98 Å². The predicted molar refractivity (Wildman–Crippen MR) is 73.1 cm³/mol. The Labute approximate surface area is 119 Å². The Morgan fingerprint density at radius 1 is 1.40 bits per heavy atom. The maximum Gasteiger partial charge on any atom is 0.313 e. The lowest BCUT2D eigenvalue weighted by molar-refractivity contribution is -0.385. The highest BCUT2D eigenvalue weighted by Gasteiger charge is 2.19. The van der Waals surface area contributed by atoms with Gasteiger partial charge in [0.25, 0.3) is 0 Å². The monoisotopic (exact) mass is 294 g/mol. The van der Waals surface area contributed by atoms with Gasteiger partial charge in [0.05, 0.1) is 16.0 Å². The van der Waals surface area contributed by atoms with Crippen LogP contribution in [0.1, 0.15) is 18.6 Å². The Morgan fingerprint density at radius 2 is 2.15 bits per heavy atom. The Bertz CT molecular complexity index is 629. The summed E-state index contributed by atoms with van der Waals surface area (Å²) in [5, 5.41) is 20.4. The fraction of sp³-hybridized carbons (Fsp3) is 0.154. The summed E-state index contributed by atoms with van der Waals surface area (Å²) in [4.78, 5) is 14.3. The zero-order valence-corrected chi connectivity index (χ0v) is 11.2. The van der Waals surface area contributed by atoms with Crippen molar-refractivity contribution in [3.05, 3.63) is 57.2 Å². The molecule has 6 nitrogen and oxygen atoms in total. The summed E-state index contributed by atoms with van der Waals surface area (Å²) in [6, 6.07) is 7.39. The van der Waals surface area contributed by atoms with Crippen LogP contribution >= 0.6 is 11.6 Å². The number of aliphatic hydroxyl groups excluding tert-OH is 1. The van der Waals surface area contributed by atoms with E-state index in [0.717, 1.165) is 0 Å². The Kier molecular flexibility index (Phi) is 4.16. The van der Waals surface area contributed by atoms with Crippen molar-refractivity contribution in [2.45, 2.75) is 13.0 Å². The minimum Gasteiger partial charge on any atom is -0.430 e. The van der Waals surface area contributed by atoms with E-state index in [1.165, 1.54) is 30.5 Å². The van der Waals surface area contributed by atoms with Gasteiger partial charge < -0.3 is 9.84 Å². The first-order valence-corrected chi connectivity index (χ1v) is 6.11. The summed E-state index contributed by atoms with van der Waals surface area (Å²) in [7, 11) is 0. The molecule has 0 amide bonds. The summed E-state index contributed by atoms with van der Waals surface area (Å²) >= 11 is 5.91. The molecule has 0 aliphatic heterocycles. The Balaban J connectivity index is 2.32. The minimum atomic E-state index is -0.647. The number of nitrogens with zero attached hydrogens (tertiary/aromatic N) is 2. The van der Waals surface area contributed by atoms with Crippen LogP contribution in [0.3, 0.4) is 0 Å². The third-order valence-corrected chi connectivity index (χ3v) is 2.89. The van der Waals surface area contributed by atoms with Crippen LogP contribution in [0.4, 0.5) is 5.69 Å². The second kappa shape index (κ2) is 5.85. The number of nitro groups is 1. The van der Waals surface area contributed by atoms with Gasteiger partial charge in [-0.3, -0.25) is 10.1 Å². The molecule has 1 unspecified atom stereocenters. The number of ether oxygens (including phenoxy) is 1. The van der Waals surface area contributed by atoms with E-state index in [4.69, 9.17) is 16.3 Å². The first-order valence-electron chi connectivity index (χ1n) is 5.74. The van der Waals surface area contributed by atoms with Crippen molar-refractivity contribution in [3.8, 4) is 11.6 Å². The standard InChI is InChI=1S/C13H11ClN2O4/c1-8(17)9-5-6-12(15-7-9)20-13-10(14)3-2-4-11(13)16(18)19/h2-8,17H,1H3. The topological polar surface area (TPSA) is 85.5 Å². The van der Waals surface area contributed by atoms with Crippen LogP contribution in [-0.4, -0.2) is 15.0 Å². The molecule has 0 aliphatic rings. The molecule has 1 atom stereocenters. The number of nitro benzene ring substituents is 1. The smallest absolute Gasteiger partial charge is 0.313 e. The summed E-state index contributed by atoms with van der Waals surface area (Å²) < 4.78 is 5.37. The van der Waals surface area contributed by atoms with E-state index in [2.05, 4.69) is 4.98 Å². The van der Waals surface area contributed by atoms with Gasteiger partial charge in [-0.15, -0.1) is 0 Å². The molecule has 20 heavy (non-hydrogen) atoms. The zero-order chi connectivity index (χ0) is 14.7. The zero-order valence-electron chi connectivity index (χ0n) is 10.5. The molecule has 0 spiro atoms. The number of halogens is 1. The van der Waals surface area contributed by atoms with E-state index >= 15 is 0 Å². The largest absolute Gasteiger partial charge is 0.430 e. The number of pyridine rings is 1. The van der Waals surface area contributed by atoms with Gasteiger partial charge in [0.1, 0.15) is 0 Å². The molecule has 0 aliphatic carbocycles. The van der Waals surface area contributed by atoms with Crippen molar-refractivity contribution in [2.75, 3.05) is 0 Å². The summed E-state index contributed by atoms with van der Waals surface area (Å²) in [6.45, 7) is 1.61. The molecule has 0 fully saturated rings. The molecule has 1 N–H and O–H groups in total. The molecule has 0 saturated heterocycles. The average molecular weight is 295 g/mol. The molecular formula is C13H11ClN2O4. The molecule has 1 aromatic carbocycles. The lowest BCUT2D eigenvalue weighted by atomic mass is 10.2. The molecule has 0 bridgehead atoms. The number of hydrogen-bond donors (Lipinski definition) is 1. The number of benzene rings is 1. The van der Waals surface area contributed by atoms with Crippen molar-refractivity contribution in [3.63, 3.8) is 0 Å². The Hall–Kier alpha value is -2.18. The summed E-state index contributed by atoms with van der Waals surface area (Å²) in [6.07, 6.45) is 0.786. The number of para-hydroxylation sites is 1. The van der Waals surface area contributed by atoms with E-state index < -0.39 is 11.0 Å². The third-order valence-electron chi connectivity index (χ3n) is 2.59. The maximum absolute atomic E-state index is 10.9. The normalized spacial score (nSPS) is 11.9. The SMILES string of the molecule is CC(O)c1ccc(Oc2c(Cl)cccc2[N+](=O)[O-])nc1. The number of rotatable bonds is 4. The molecule has 1 aromatic heterocycles. The molecule has 2 aromatic rings. The van der Waals surface area contributed by atoms with Crippen LogP contribution < -0.4 is 4.74 Å². The number of aromatic nitrogens is 1. The molecule has 1 heterocycles. The summed E-state index contributed by atoms with van der Waals surface area (Å²) in [5.41, 5.74) is 0.380. The minimum absolute atomic E-state index is 0.0588. The molecule has 7 heteroatoms. The van der Waals surface area contributed by atoms with E-state index in [9.17, 15) is 15.2 Å². The third kappa shape index (κ3) is 3.04. The fourth-order valence-electron chi connectivity index (χ4n) is 1.55. The van der Waals surface area contributed by atoms with Crippen LogP contribution in [0.2, 0.25) is 5.02 Å². The van der Waals surface area contributed by atoms with Crippen molar-refractivity contribution < 1.29 is 14.8 Å². The number of aliphatic hydroxyl groups is 1. The summed E-state index contributed by atoms with van der Waals surface area (Å²) in [5.74, 6) is 0.0991. The van der Waals surface area contributed by atoms with Gasteiger partial charge in [-0.2, -0.15) is 0 Å². The van der Waals surface area contributed by atoms with Gasteiger partial charge in [-0.25, -0.2) is 4.98 Å². The van der Waals surface area contributed by atoms with Gasteiger partial charge in [0, 0.05) is 18.3 Å². The van der Waals surface area contributed by atoms with Gasteiger partial charge in [-0.1, -0.05) is 17.7 Å². The molecular weight excluding hydrogens is 284 g/mol. The maximum atomic E-state index is 10.9. The van der Waals surface area contributed by atoms with Gasteiger partial charge >= 0.3 is 5.69 Å². The average Bonchev–Trinajstić information content (AvgIpc) is 2.41. The first kappa shape index (κ1) is 14.2. The van der Waals surface area contributed by atoms with E-state index in [-0.39, 0.29) is 22.3 Å². The molecule has 104 valence electrons. The van der Waals surface area contributed by atoms with Crippen LogP contribution in [0.25, 0.3) is 0 Å². The highest BCUT2D eigenvalue weighted by Crippen LogP contribution is 2.37. The van der Waals surface area contributed by atoms with E-state index in [1.54, 1.807) is 13.0 Å². The second-order valence-electron chi connectivity index (χ2n) is 4.05. The van der Waals surface area contributed by atoms with Crippen molar-refractivity contribution >= 4 is 17.3 Å². The van der Waals surface area contributed by atoms with Crippen LogP contribution in [0.15, 0.2) is 36.5 Å². The lowest BCUT2D eigenvalue weighted by Crippen LogP contribution is -1.97. The molecule has 2 rings (SSSR count). The van der Waals surface area contributed by atoms with Crippen LogP contribution in [0, 0.1) is 10.1 Å². The Morgan fingerprint density at radius 3 is 2.70 bits per heavy atom. The highest BCUT2D eigenvalue weighted by atomic mass is 35.5. The predicted octanol–water partition coefficient (Wildman–Crippen LogP) is 3.49. The van der Waals surface area contributed by atoms with E-state index in [0.29, 0.717) is 5.56 Å². The van der Waals surface area contributed by atoms with E-state index in [1.807, 2.05) is 0 Å². The lowest BCUT2D eigenvalue weighted by Gasteiger charge is -2.08.